The van der Waals surface area contributed by atoms with E-state index >= 15 is 0 Å². The van der Waals surface area contributed by atoms with Crippen molar-refractivity contribution in [3.05, 3.63) is 35.4 Å². The summed E-state index contributed by atoms with van der Waals surface area (Å²) < 4.78 is 5.58. The molecule has 4 nitrogen and oxygen atoms in total. The standard InChI is InChI=1S/C22H32N2O2/c1-17-5-4-6-18(15-17)16-24-21-9-12-23(19-10-13-26-14-11-19)20(21)7-2-3-8-22(24)25/h4-6,15,19-21H,2-3,7-14,16H2,1H3/t20-,21+/m1/s1. The van der Waals surface area contributed by atoms with Crippen LogP contribution in [-0.4, -0.2) is 53.6 Å². The highest BCUT2D eigenvalue weighted by atomic mass is 16.5. The second-order valence-electron chi connectivity index (χ2n) is 8.26. The number of likely N-dealkylation sites (tertiary alicyclic amines) is 2. The second kappa shape index (κ2) is 8.10. The molecule has 3 saturated heterocycles. The maximum atomic E-state index is 13.0. The Labute approximate surface area is 157 Å². The summed E-state index contributed by atoms with van der Waals surface area (Å²) in [7, 11) is 0. The van der Waals surface area contributed by atoms with Crippen LogP contribution in [0.5, 0.6) is 0 Å². The molecule has 0 unspecified atom stereocenters. The molecule has 142 valence electrons. The number of nitrogens with zero attached hydrogens (tertiary/aromatic N) is 2. The van der Waals surface area contributed by atoms with Crippen LogP contribution in [0.15, 0.2) is 24.3 Å². The summed E-state index contributed by atoms with van der Waals surface area (Å²) in [5, 5.41) is 0. The third kappa shape index (κ3) is 3.81. The molecule has 0 spiro atoms. The fourth-order valence-electron chi connectivity index (χ4n) is 5.22. The highest BCUT2D eigenvalue weighted by Gasteiger charge is 2.42. The number of rotatable bonds is 3. The van der Waals surface area contributed by atoms with Gasteiger partial charge in [0.15, 0.2) is 0 Å². The van der Waals surface area contributed by atoms with E-state index in [4.69, 9.17) is 4.74 Å². The lowest BCUT2D eigenvalue weighted by atomic mass is 9.94. The van der Waals surface area contributed by atoms with Gasteiger partial charge in [-0.15, -0.1) is 0 Å². The predicted molar refractivity (Wildman–Crippen MR) is 103 cm³/mol. The van der Waals surface area contributed by atoms with Crippen LogP contribution in [0.1, 0.15) is 56.1 Å². The summed E-state index contributed by atoms with van der Waals surface area (Å²) in [4.78, 5) is 17.9. The molecule has 0 bridgehead atoms. The second-order valence-corrected chi connectivity index (χ2v) is 8.26. The molecule has 0 saturated carbocycles. The van der Waals surface area contributed by atoms with Crippen LogP contribution in [0.3, 0.4) is 0 Å². The lowest BCUT2D eigenvalue weighted by Crippen LogP contribution is -2.51. The lowest BCUT2D eigenvalue weighted by molar-refractivity contribution is -0.136. The van der Waals surface area contributed by atoms with Gasteiger partial charge in [-0.1, -0.05) is 36.2 Å². The lowest BCUT2D eigenvalue weighted by Gasteiger charge is -2.41. The van der Waals surface area contributed by atoms with E-state index in [0.29, 0.717) is 30.5 Å². The van der Waals surface area contributed by atoms with E-state index in [9.17, 15) is 4.79 Å². The van der Waals surface area contributed by atoms with Gasteiger partial charge in [0.2, 0.25) is 5.91 Å². The van der Waals surface area contributed by atoms with Gasteiger partial charge < -0.3 is 9.64 Å². The van der Waals surface area contributed by atoms with Gasteiger partial charge in [0.25, 0.3) is 0 Å². The fraction of sp³-hybridized carbons (Fsp3) is 0.682. The first kappa shape index (κ1) is 18.0. The molecule has 26 heavy (non-hydrogen) atoms. The number of carbonyl (C=O) groups excluding carboxylic acids is 1. The summed E-state index contributed by atoms with van der Waals surface area (Å²) in [6.45, 7) is 5.82. The Kier molecular flexibility index (Phi) is 5.60. The Balaban J connectivity index is 1.54. The summed E-state index contributed by atoms with van der Waals surface area (Å²) in [6.07, 6.45) is 7.59. The third-order valence-electron chi connectivity index (χ3n) is 6.51. The van der Waals surface area contributed by atoms with Crippen molar-refractivity contribution in [3.63, 3.8) is 0 Å². The molecule has 0 radical (unpaired) electrons. The van der Waals surface area contributed by atoms with E-state index in [1.807, 2.05) is 0 Å². The molecule has 3 fully saturated rings. The Morgan fingerprint density at radius 1 is 1.08 bits per heavy atom. The van der Waals surface area contributed by atoms with Crippen molar-refractivity contribution in [1.82, 2.24) is 9.80 Å². The van der Waals surface area contributed by atoms with E-state index in [2.05, 4.69) is 41.0 Å². The topological polar surface area (TPSA) is 32.8 Å². The van der Waals surface area contributed by atoms with Crippen molar-refractivity contribution < 1.29 is 9.53 Å². The summed E-state index contributed by atoms with van der Waals surface area (Å²) in [6, 6.07) is 10.2. The van der Waals surface area contributed by atoms with Gasteiger partial charge in [0, 0.05) is 50.8 Å². The van der Waals surface area contributed by atoms with E-state index in [0.717, 1.165) is 52.0 Å². The molecule has 0 aromatic heterocycles. The molecular formula is C22H32N2O2. The molecule has 3 aliphatic heterocycles. The average Bonchev–Trinajstić information content (AvgIpc) is 3.06. The Hall–Kier alpha value is -1.39. The maximum absolute atomic E-state index is 13.0. The molecule has 1 aromatic carbocycles. The van der Waals surface area contributed by atoms with E-state index in [1.165, 1.54) is 24.0 Å². The first-order chi connectivity index (χ1) is 12.7. The zero-order valence-electron chi connectivity index (χ0n) is 16.0. The van der Waals surface area contributed by atoms with Crippen LogP contribution in [0.25, 0.3) is 0 Å². The molecule has 0 N–H and O–H groups in total. The monoisotopic (exact) mass is 356 g/mol. The Morgan fingerprint density at radius 2 is 1.92 bits per heavy atom. The predicted octanol–water partition coefficient (Wildman–Crippen LogP) is 3.52. The normalized spacial score (nSPS) is 28.7. The van der Waals surface area contributed by atoms with Gasteiger partial charge in [-0.05, 0) is 44.6 Å². The number of carbonyl (C=O) groups is 1. The smallest absolute Gasteiger partial charge is 0.223 e. The maximum Gasteiger partial charge on any atom is 0.223 e. The van der Waals surface area contributed by atoms with E-state index < -0.39 is 0 Å². The van der Waals surface area contributed by atoms with Crippen LogP contribution < -0.4 is 0 Å². The SMILES string of the molecule is Cc1cccc(CN2C(=O)CCCC[C@@H]3[C@@H]2CCN3C2CCOCC2)c1. The van der Waals surface area contributed by atoms with Crippen molar-refractivity contribution in [2.75, 3.05) is 19.8 Å². The van der Waals surface area contributed by atoms with Gasteiger partial charge >= 0.3 is 0 Å². The first-order valence-corrected chi connectivity index (χ1v) is 10.4. The summed E-state index contributed by atoms with van der Waals surface area (Å²) in [5.74, 6) is 0.357. The molecule has 1 amide bonds. The summed E-state index contributed by atoms with van der Waals surface area (Å²) in [5.41, 5.74) is 2.54. The van der Waals surface area contributed by atoms with Crippen molar-refractivity contribution >= 4 is 5.91 Å². The first-order valence-electron chi connectivity index (χ1n) is 10.4. The minimum Gasteiger partial charge on any atom is -0.381 e. The van der Waals surface area contributed by atoms with Crippen LogP contribution in [0.2, 0.25) is 0 Å². The number of hydrogen-bond acceptors (Lipinski definition) is 3. The van der Waals surface area contributed by atoms with E-state index in [-0.39, 0.29) is 0 Å². The zero-order chi connectivity index (χ0) is 17.9. The summed E-state index contributed by atoms with van der Waals surface area (Å²) >= 11 is 0. The third-order valence-corrected chi connectivity index (χ3v) is 6.51. The van der Waals surface area contributed by atoms with Crippen molar-refractivity contribution in [2.45, 2.75) is 76.5 Å². The quantitative estimate of drug-likeness (QED) is 0.831. The molecule has 2 atom stereocenters. The van der Waals surface area contributed by atoms with Gasteiger partial charge in [-0.3, -0.25) is 9.69 Å². The van der Waals surface area contributed by atoms with Crippen molar-refractivity contribution in [3.8, 4) is 0 Å². The zero-order valence-corrected chi connectivity index (χ0v) is 16.0. The van der Waals surface area contributed by atoms with Crippen LogP contribution in [0, 0.1) is 6.92 Å². The number of ether oxygens (including phenoxy) is 1. The Bertz CT molecular complexity index is 626. The number of amides is 1. The van der Waals surface area contributed by atoms with Crippen molar-refractivity contribution in [1.29, 1.82) is 0 Å². The Morgan fingerprint density at radius 3 is 2.73 bits per heavy atom. The van der Waals surface area contributed by atoms with Crippen LogP contribution >= 0.6 is 0 Å². The minimum absolute atomic E-state index is 0.357. The van der Waals surface area contributed by atoms with Crippen molar-refractivity contribution in [2.24, 2.45) is 0 Å². The number of aryl methyl sites for hydroxylation is 1. The van der Waals surface area contributed by atoms with Crippen LogP contribution in [-0.2, 0) is 16.1 Å². The molecule has 1 aromatic rings. The average molecular weight is 357 g/mol. The minimum atomic E-state index is 0.357. The number of hydrogen-bond donors (Lipinski definition) is 0. The molecule has 4 rings (SSSR count). The highest BCUT2D eigenvalue weighted by molar-refractivity contribution is 5.76. The van der Waals surface area contributed by atoms with Crippen LogP contribution in [0.4, 0.5) is 0 Å². The largest absolute Gasteiger partial charge is 0.381 e. The number of fused-ring (bicyclic) bond motifs is 1. The molecule has 0 aliphatic carbocycles. The van der Waals surface area contributed by atoms with Gasteiger partial charge in [0.1, 0.15) is 0 Å². The van der Waals surface area contributed by atoms with Gasteiger partial charge in [-0.25, -0.2) is 0 Å². The molecule has 3 heterocycles. The fourth-order valence-corrected chi connectivity index (χ4v) is 5.22. The molecule has 3 aliphatic rings. The highest BCUT2D eigenvalue weighted by Crippen LogP contribution is 2.34. The van der Waals surface area contributed by atoms with Gasteiger partial charge in [0.05, 0.1) is 0 Å². The van der Waals surface area contributed by atoms with E-state index in [1.54, 1.807) is 0 Å². The molecular weight excluding hydrogens is 324 g/mol. The number of benzene rings is 1. The van der Waals surface area contributed by atoms with Gasteiger partial charge in [-0.2, -0.15) is 0 Å². The molecule has 4 heteroatoms.